The van der Waals surface area contributed by atoms with Crippen LogP contribution in [0.3, 0.4) is 0 Å². The molecular weight excluding hydrogens is 164 g/mol. The molecule has 1 aliphatic carbocycles. The largest absolute Gasteiger partial charge is 0.342 e. The van der Waals surface area contributed by atoms with Crippen LogP contribution in [0, 0.1) is 5.41 Å². The van der Waals surface area contributed by atoms with Crippen LogP contribution in [-0.4, -0.2) is 18.6 Å². The second-order valence-electron chi connectivity index (χ2n) is 4.70. The first kappa shape index (κ1) is 9.00. The van der Waals surface area contributed by atoms with Gasteiger partial charge in [0.05, 0.1) is 12.7 Å². The van der Waals surface area contributed by atoms with Gasteiger partial charge >= 0.3 is 0 Å². The molecule has 2 rings (SSSR count). The lowest BCUT2D eigenvalue weighted by atomic mass is 9.82. The molecular formula is C10H18N2O. The third-order valence-electron chi connectivity index (χ3n) is 3.44. The molecule has 1 unspecified atom stereocenters. The minimum Gasteiger partial charge on any atom is -0.342 e. The fourth-order valence-electron chi connectivity index (χ4n) is 2.57. The Balaban J connectivity index is 1.92. The Labute approximate surface area is 79.3 Å². The highest BCUT2D eigenvalue weighted by atomic mass is 16.2. The maximum Gasteiger partial charge on any atom is 0.238 e. The third kappa shape index (κ3) is 1.85. The van der Waals surface area contributed by atoms with E-state index in [-0.39, 0.29) is 11.9 Å². The van der Waals surface area contributed by atoms with Crippen molar-refractivity contribution in [3.05, 3.63) is 0 Å². The van der Waals surface area contributed by atoms with E-state index in [0.29, 0.717) is 12.1 Å². The van der Waals surface area contributed by atoms with E-state index in [0.717, 1.165) is 6.42 Å². The summed E-state index contributed by atoms with van der Waals surface area (Å²) in [6.07, 6.45) is 6.27. The molecule has 3 nitrogen and oxygen atoms in total. The zero-order valence-corrected chi connectivity index (χ0v) is 8.23. The van der Waals surface area contributed by atoms with Crippen LogP contribution in [0.15, 0.2) is 0 Å². The summed E-state index contributed by atoms with van der Waals surface area (Å²) in [7, 11) is 0. The standard InChI is InChI=1S/C10H18N2O/c1-10(4-2-3-5-10)6-8-9(13)12-7-11-8/h8,11H,2-7H2,1H3,(H,12,13). The van der Waals surface area contributed by atoms with E-state index in [1.54, 1.807) is 0 Å². The Bertz CT molecular complexity index is 209. The van der Waals surface area contributed by atoms with Crippen molar-refractivity contribution in [1.29, 1.82) is 0 Å². The predicted octanol–water partition coefficient (Wildman–Crippen LogP) is 1.00. The summed E-state index contributed by atoms with van der Waals surface area (Å²) in [6.45, 7) is 2.97. The van der Waals surface area contributed by atoms with E-state index >= 15 is 0 Å². The number of hydrogen-bond acceptors (Lipinski definition) is 2. The van der Waals surface area contributed by atoms with Crippen LogP contribution in [0.4, 0.5) is 0 Å². The van der Waals surface area contributed by atoms with Crippen molar-refractivity contribution in [2.45, 2.75) is 45.1 Å². The van der Waals surface area contributed by atoms with Gasteiger partial charge in [-0.1, -0.05) is 19.8 Å². The van der Waals surface area contributed by atoms with E-state index in [2.05, 4.69) is 17.6 Å². The summed E-state index contributed by atoms with van der Waals surface area (Å²) in [5.41, 5.74) is 0.416. The van der Waals surface area contributed by atoms with E-state index in [9.17, 15) is 4.79 Å². The van der Waals surface area contributed by atoms with Crippen LogP contribution in [0.25, 0.3) is 0 Å². The Kier molecular flexibility index (Phi) is 2.28. The summed E-state index contributed by atoms with van der Waals surface area (Å²) in [5, 5.41) is 6.01. The number of hydrogen-bond donors (Lipinski definition) is 2. The second kappa shape index (κ2) is 3.29. The summed E-state index contributed by atoms with van der Waals surface area (Å²) in [4.78, 5) is 11.3. The van der Waals surface area contributed by atoms with Crippen molar-refractivity contribution in [3.8, 4) is 0 Å². The van der Waals surface area contributed by atoms with Gasteiger partial charge in [-0.3, -0.25) is 10.1 Å². The molecule has 2 aliphatic rings. The van der Waals surface area contributed by atoms with Crippen molar-refractivity contribution in [3.63, 3.8) is 0 Å². The summed E-state index contributed by atoms with van der Waals surface area (Å²) in [6, 6.07) is 0.0723. The number of rotatable bonds is 2. The van der Waals surface area contributed by atoms with Gasteiger partial charge < -0.3 is 5.32 Å². The summed E-state index contributed by atoms with van der Waals surface area (Å²) < 4.78 is 0. The van der Waals surface area contributed by atoms with Crippen molar-refractivity contribution in [2.24, 2.45) is 5.41 Å². The van der Waals surface area contributed by atoms with E-state index < -0.39 is 0 Å². The molecule has 0 aromatic heterocycles. The SMILES string of the molecule is CC1(CC2NCNC2=O)CCCC1. The molecule has 1 saturated carbocycles. The third-order valence-corrected chi connectivity index (χ3v) is 3.44. The Morgan fingerprint density at radius 2 is 2.15 bits per heavy atom. The van der Waals surface area contributed by atoms with Crippen LogP contribution < -0.4 is 10.6 Å². The maximum atomic E-state index is 11.3. The first-order valence-electron chi connectivity index (χ1n) is 5.21. The van der Waals surface area contributed by atoms with Crippen LogP contribution >= 0.6 is 0 Å². The lowest BCUT2D eigenvalue weighted by Crippen LogP contribution is -2.33. The molecule has 1 amide bonds. The Morgan fingerprint density at radius 3 is 2.69 bits per heavy atom. The van der Waals surface area contributed by atoms with Gasteiger partial charge in [-0.2, -0.15) is 0 Å². The minimum absolute atomic E-state index is 0.0723. The van der Waals surface area contributed by atoms with E-state index in [1.807, 2.05) is 0 Å². The van der Waals surface area contributed by atoms with Crippen LogP contribution in [0.5, 0.6) is 0 Å². The molecule has 1 saturated heterocycles. The molecule has 2 N–H and O–H groups in total. The summed E-state index contributed by atoms with van der Waals surface area (Å²) in [5.74, 6) is 0.188. The molecule has 1 atom stereocenters. The normalized spacial score (nSPS) is 32.1. The van der Waals surface area contributed by atoms with Crippen molar-refractivity contribution < 1.29 is 4.79 Å². The zero-order chi connectivity index (χ0) is 9.31. The van der Waals surface area contributed by atoms with E-state index in [1.165, 1.54) is 25.7 Å². The second-order valence-corrected chi connectivity index (χ2v) is 4.70. The lowest BCUT2D eigenvalue weighted by molar-refractivity contribution is -0.121. The fraction of sp³-hybridized carbons (Fsp3) is 0.900. The van der Waals surface area contributed by atoms with Crippen LogP contribution in [0.2, 0.25) is 0 Å². The van der Waals surface area contributed by atoms with E-state index in [4.69, 9.17) is 0 Å². The molecule has 0 spiro atoms. The van der Waals surface area contributed by atoms with Crippen LogP contribution in [-0.2, 0) is 4.79 Å². The molecule has 0 radical (unpaired) electrons. The first-order chi connectivity index (χ1) is 6.20. The van der Waals surface area contributed by atoms with Gasteiger partial charge in [-0.15, -0.1) is 0 Å². The quantitative estimate of drug-likeness (QED) is 0.669. The number of carbonyl (C=O) groups is 1. The fourth-order valence-corrected chi connectivity index (χ4v) is 2.57. The predicted molar refractivity (Wildman–Crippen MR) is 51.1 cm³/mol. The van der Waals surface area contributed by atoms with Gasteiger partial charge in [0.1, 0.15) is 0 Å². The first-order valence-corrected chi connectivity index (χ1v) is 5.21. The number of amides is 1. The van der Waals surface area contributed by atoms with Gasteiger partial charge in [-0.25, -0.2) is 0 Å². The molecule has 2 fully saturated rings. The maximum absolute atomic E-state index is 11.3. The van der Waals surface area contributed by atoms with Gasteiger partial charge in [0.2, 0.25) is 5.91 Å². The van der Waals surface area contributed by atoms with Gasteiger partial charge in [-0.05, 0) is 24.7 Å². The Hall–Kier alpha value is -0.570. The highest BCUT2D eigenvalue weighted by Gasteiger charge is 2.35. The lowest BCUT2D eigenvalue weighted by Gasteiger charge is -2.25. The highest BCUT2D eigenvalue weighted by Crippen LogP contribution is 2.41. The number of nitrogens with one attached hydrogen (secondary N) is 2. The van der Waals surface area contributed by atoms with Crippen molar-refractivity contribution in [2.75, 3.05) is 6.67 Å². The van der Waals surface area contributed by atoms with Gasteiger partial charge in [0.15, 0.2) is 0 Å². The highest BCUT2D eigenvalue weighted by molar-refractivity contribution is 5.83. The molecule has 74 valence electrons. The van der Waals surface area contributed by atoms with Crippen molar-refractivity contribution >= 4 is 5.91 Å². The molecule has 0 aromatic rings. The Morgan fingerprint density at radius 1 is 1.46 bits per heavy atom. The molecule has 0 aromatic carbocycles. The zero-order valence-electron chi connectivity index (χ0n) is 8.23. The number of carbonyl (C=O) groups excluding carboxylic acids is 1. The molecule has 1 heterocycles. The average Bonchev–Trinajstić information content (AvgIpc) is 2.64. The van der Waals surface area contributed by atoms with Crippen LogP contribution in [0.1, 0.15) is 39.0 Å². The monoisotopic (exact) mass is 182 g/mol. The summed E-state index contributed by atoms with van der Waals surface area (Å²) >= 11 is 0. The molecule has 13 heavy (non-hydrogen) atoms. The average molecular weight is 182 g/mol. The molecule has 1 aliphatic heterocycles. The van der Waals surface area contributed by atoms with Gasteiger partial charge in [0, 0.05) is 0 Å². The smallest absolute Gasteiger partial charge is 0.238 e. The topological polar surface area (TPSA) is 41.1 Å². The molecule has 3 heteroatoms. The molecule has 0 bridgehead atoms. The van der Waals surface area contributed by atoms with Gasteiger partial charge in [0.25, 0.3) is 0 Å². The minimum atomic E-state index is 0.0723. The van der Waals surface area contributed by atoms with Crippen molar-refractivity contribution in [1.82, 2.24) is 10.6 Å².